The van der Waals surface area contributed by atoms with Crippen molar-refractivity contribution < 1.29 is 9.90 Å². The van der Waals surface area contributed by atoms with Crippen molar-refractivity contribution in [2.75, 3.05) is 13.2 Å². The van der Waals surface area contributed by atoms with Crippen LogP contribution in [0.4, 0.5) is 0 Å². The quantitative estimate of drug-likeness (QED) is 0.661. The SMILES string of the molecule is O=C1CC(C2(CO)CCC2)CCN1. The van der Waals surface area contributed by atoms with Crippen LogP contribution >= 0.6 is 0 Å². The molecule has 2 rings (SSSR count). The monoisotopic (exact) mass is 183 g/mol. The molecule has 0 aromatic carbocycles. The maximum atomic E-state index is 11.2. The average Bonchev–Trinajstić information content (AvgIpc) is 2.03. The van der Waals surface area contributed by atoms with Gasteiger partial charge < -0.3 is 10.4 Å². The molecular weight excluding hydrogens is 166 g/mol. The minimum Gasteiger partial charge on any atom is -0.396 e. The van der Waals surface area contributed by atoms with E-state index in [2.05, 4.69) is 5.32 Å². The highest BCUT2D eigenvalue weighted by Gasteiger charge is 2.44. The number of hydrogen-bond donors (Lipinski definition) is 2. The number of carbonyl (C=O) groups excluding carboxylic acids is 1. The molecule has 1 amide bonds. The zero-order valence-electron chi connectivity index (χ0n) is 7.88. The third-order valence-electron chi connectivity index (χ3n) is 3.78. The number of piperidine rings is 1. The van der Waals surface area contributed by atoms with Crippen molar-refractivity contribution in [3.63, 3.8) is 0 Å². The van der Waals surface area contributed by atoms with Gasteiger partial charge in [-0.15, -0.1) is 0 Å². The number of aliphatic hydroxyl groups excluding tert-OH is 1. The van der Waals surface area contributed by atoms with Crippen LogP contribution in [0, 0.1) is 11.3 Å². The molecule has 3 nitrogen and oxygen atoms in total. The van der Waals surface area contributed by atoms with Crippen molar-refractivity contribution in [1.82, 2.24) is 5.32 Å². The molecule has 1 aliphatic heterocycles. The third kappa shape index (κ3) is 1.46. The van der Waals surface area contributed by atoms with Crippen LogP contribution < -0.4 is 5.32 Å². The van der Waals surface area contributed by atoms with E-state index < -0.39 is 0 Å². The number of nitrogens with one attached hydrogen (secondary N) is 1. The first kappa shape index (κ1) is 9.00. The van der Waals surface area contributed by atoms with Crippen molar-refractivity contribution in [2.45, 2.75) is 32.1 Å². The van der Waals surface area contributed by atoms with Crippen molar-refractivity contribution >= 4 is 5.91 Å². The Kier molecular flexibility index (Phi) is 2.28. The predicted molar refractivity (Wildman–Crippen MR) is 49.1 cm³/mol. The summed E-state index contributed by atoms with van der Waals surface area (Å²) in [6.45, 7) is 1.07. The first-order valence-corrected chi connectivity index (χ1v) is 5.14. The summed E-state index contributed by atoms with van der Waals surface area (Å²) in [6.07, 6.45) is 5.12. The molecule has 3 heteroatoms. The highest BCUT2D eigenvalue weighted by molar-refractivity contribution is 5.77. The summed E-state index contributed by atoms with van der Waals surface area (Å²) in [4.78, 5) is 11.2. The van der Waals surface area contributed by atoms with E-state index in [-0.39, 0.29) is 17.9 Å². The molecule has 74 valence electrons. The zero-order valence-corrected chi connectivity index (χ0v) is 7.88. The van der Waals surface area contributed by atoms with Gasteiger partial charge >= 0.3 is 0 Å². The van der Waals surface area contributed by atoms with Crippen LogP contribution in [0.3, 0.4) is 0 Å². The maximum Gasteiger partial charge on any atom is 0.220 e. The molecule has 0 spiro atoms. The average molecular weight is 183 g/mol. The van der Waals surface area contributed by atoms with Crippen LogP contribution in [-0.4, -0.2) is 24.2 Å². The highest BCUT2D eigenvalue weighted by Crippen LogP contribution is 2.49. The Morgan fingerprint density at radius 3 is 2.77 bits per heavy atom. The third-order valence-corrected chi connectivity index (χ3v) is 3.78. The largest absolute Gasteiger partial charge is 0.396 e. The Morgan fingerprint density at radius 1 is 1.54 bits per heavy atom. The van der Waals surface area contributed by atoms with Crippen molar-refractivity contribution in [2.24, 2.45) is 11.3 Å². The van der Waals surface area contributed by atoms with Crippen LogP contribution in [0.15, 0.2) is 0 Å². The minimum absolute atomic E-state index is 0.109. The number of aliphatic hydroxyl groups is 1. The molecule has 0 aromatic heterocycles. The Hall–Kier alpha value is -0.570. The molecule has 0 radical (unpaired) electrons. The lowest BCUT2D eigenvalue weighted by Crippen LogP contribution is -2.47. The second-order valence-corrected chi connectivity index (χ2v) is 4.41. The summed E-state index contributed by atoms with van der Waals surface area (Å²) in [7, 11) is 0. The van der Waals surface area contributed by atoms with Gasteiger partial charge in [-0.25, -0.2) is 0 Å². The summed E-state index contributed by atoms with van der Waals surface area (Å²) in [5.74, 6) is 0.593. The van der Waals surface area contributed by atoms with Gasteiger partial charge in [0.25, 0.3) is 0 Å². The Morgan fingerprint density at radius 2 is 2.31 bits per heavy atom. The molecule has 2 fully saturated rings. The maximum absolute atomic E-state index is 11.2. The minimum atomic E-state index is 0.109. The fraction of sp³-hybridized carbons (Fsp3) is 0.900. The number of amides is 1. The molecule has 2 N–H and O–H groups in total. The van der Waals surface area contributed by atoms with Crippen LogP contribution in [0.1, 0.15) is 32.1 Å². The van der Waals surface area contributed by atoms with E-state index in [1.165, 1.54) is 6.42 Å². The fourth-order valence-electron chi connectivity index (χ4n) is 2.63. The topological polar surface area (TPSA) is 49.3 Å². The van der Waals surface area contributed by atoms with Gasteiger partial charge in [0.2, 0.25) is 5.91 Å². The molecule has 1 aliphatic carbocycles. The first-order valence-electron chi connectivity index (χ1n) is 5.14. The van der Waals surface area contributed by atoms with Gasteiger partial charge in [-0.3, -0.25) is 4.79 Å². The summed E-state index contributed by atoms with van der Waals surface area (Å²) >= 11 is 0. The Bertz CT molecular complexity index is 205. The Balaban J connectivity index is 2.01. The van der Waals surface area contributed by atoms with Gasteiger partial charge in [-0.1, -0.05) is 6.42 Å². The molecule has 13 heavy (non-hydrogen) atoms. The van der Waals surface area contributed by atoms with E-state index in [1.54, 1.807) is 0 Å². The Labute approximate surface area is 78.5 Å². The molecule has 1 unspecified atom stereocenters. The van der Waals surface area contributed by atoms with Gasteiger partial charge in [-0.05, 0) is 30.6 Å². The van der Waals surface area contributed by atoms with E-state index in [0.29, 0.717) is 12.3 Å². The fourth-order valence-corrected chi connectivity index (χ4v) is 2.63. The number of rotatable bonds is 2. The van der Waals surface area contributed by atoms with Gasteiger partial charge in [0.15, 0.2) is 0 Å². The lowest BCUT2D eigenvalue weighted by molar-refractivity contribution is -0.127. The van der Waals surface area contributed by atoms with Gasteiger partial charge in [0.05, 0.1) is 0 Å². The lowest BCUT2D eigenvalue weighted by Gasteiger charge is -2.47. The first-order chi connectivity index (χ1) is 6.27. The smallest absolute Gasteiger partial charge is 0.220 e. The number of hydrogen-bond acceptors (Lipinski definition) is 2. The second-order valence-electron chi connectivity index (χ2n) is 4.41. The van der Waals surface area contributed by atoms with Crippen molar-refractivity contribution in [3.05, 3.63) is 0 Å². The molecule has 1 heterocycles. The normalized spacial score (nSPS) is 32.1. The highest BCUT2D eigenvalue weighted by atomic mass is 16.3. The van der Waals surface area contributed by atoms with Crippen LogP contribution in [-0.2, 0) is 4.79 Å². The van der Waals surface area contributed by atoms with E-state index >= 15 is 0 Å². The molecule has 2 aliphatic rings. The predicted octanol–water partition coefficient (Wildman–Crippen LogP) is 0.675. The van der Waals surface area contributed by atoms with E-state index in [0.717, 1.165) is 25.8 Å². The van der Waals surface area contributed by atoms with Gasteiger partial charge in [-0.2, -0.15) is 0 Å². The summed E-state index contributed by atoms with van der Waals surface area (Å²) < 4.78 is 0. The van der Waals surface area contributed by atoms with E-state index in [9.17, 15) is 9.90 Å². The molecule has 1 saturated carbocycles. The molecule has 1 saturated heterocycles. The van der Waals surface area contributed by atoms with Crippen LogP contribution in [0.2, 0.25) is 0 Å². The number of carbonyl (C=O) groups is 1. The van der Waals surface area contributed by atoms with Crippen LogP contribution in [0.25, 0.3) is 0 Å². The van der Waals surface area contributed by atoms with Gasteiger partial charge in [0, 0.05) is 19.6 Å². The summed E-state index contributed by atoms with van der Waals surface area (Å²) in [5.41, 5.74) is 0.109. The van der Waals surface area contributed by atoms with E-state index in [4.69, 9.17) is 0 Å². The molecule has 0 bridgehead atoms. The summed E-state index contributed by atoms with van der Waals surface area (Å²) in [5, 5.41) is 12.2. The molecule has 1 atom stereocenters. The van der Waals surface area contributed by atoms with Crippen molar-refractivity contribution in [1.29, 1.82) is 0 Å². The molecular formula is C10H17NO2. The van der Waals surface area contributed by atoms with Crippen molar-refractivity contribution in [3.8, 4) is 0 Å². The summed E-state index contributed by atoms with van der Waals surface area (Å²) in [6, 6.07) is 0. The zero-order chi connectivity index (χ0) is 9.31. The van der Waals surface area contributed by atoms with Gasteiger partial charge in [0.1, 0.15) is 0 Å². The standard InChI is InChI=1S/C10H17NO2/c12-7-10(3-1-4-10)8-2-5-11-9(13)6-8/h8,12H,1-7H2,(H,11,13). The second kappa shape index (κ2) is 3.29. The molecule has 0 aromatic rings. The van der Waals surface area contributed by atoms with Crippen LogP contribution in [0.5, 0.6) is 0 Å². The van der Waals surface area contributed by atoms with E-state index in [1.807, 2.05) is 0 Å². The lowest BCUT2D eigenvalue weighted by atomic mass is 9.59.